The summed E-state index contributed by atoms with van der Waals surface area (Å²) in [4.78, 5) is 17.6. The maximum atomic E-state index is 12.6. The van der Waals surface area contributed by atoms with Gasteiger partial charge in [-0.25, -0.2) is 9.67 Å². The van der Waals surface area contributed by atoms with Crippen LogP contribution in [0, 0.1) is 0 Å². The van der Waals surface area contributed by atoms with Crippen LogP contribution >= 0.6 is 11.6 Å². The first-order valence-electron chi connectivity index (χ1n) is 8.97. The van der Waals surface area contributed by atoms with Crippen molar-refractivity contribution in [3.63, 3.8) is 0 Å². The van der Waals surface area contributed by atoms with E-state index in [0.717, 1.165) is 10.5 Å². The fraction of sp³-hybridized carbons (Fsp3) is 0.250. The van der Waals surface area contributed by atoms with Gasteiger partial charge in [-0.1, -0.05) is 17.7 Å². The third kappa shape index (κ3) is 5.04. The number of quaternary nitrogens is 1. The molecule has 1 heterocycles. The Kier molecular flexibility index (Phi) is 6.69. The zero-order valence-electron chi connectivity index (χ0n) is 16.5. The predicted octanol–water partition coefficient (Wildman–Crippen LogP) is 1.59. The molecule has 2 aromatic carbocycles. The smallest absolute Gasteiger partial charge is 0.279 e. The van der Waals surface area contributed by atoms with Crippen LogP contribution in [0.1, 0.15) is 5.56 Å². The minimum absolute atomic E-state index is 0.145. The second kappa shape index (κ2) is 9.40. The first-order chi connectivity index (χ1) is 14.0. The molecule has 0 aliphatic carbocycles. The van der Waals surface area contributed by atoms with Gasteiger partial charge in [-0.15, -0.1) is 0 Å². The lowest BCUT2D eigenvalue weighted by Crippen LogP contribution is -3.08. The Morgan fingerprint density at radius 3 is 2.76 bits per heavy atom. The van der Waals surface area contributed by atoms with Gasteiger partial charge in [0.1, 0.15) is 19.2 Å². The second-order valence-corrected chi connectivity index (χ2v) is 6.95. The predicted molar refractivity (Wildman–Crippen MR) is 110 cm³/mol. The van der Waals surface area contributed by atoms with E-state index < -0.39 is 0 Å². The molecule has 3 aromatic rings. The third-order valence-corrected chi connectivity index (χ3v) is 4.57. The number of hydrogen-bond acceptors (Lipinski definition) is 5. The summed E-state index contributed by atoms with van der Waals surface area (Å²) in [6.45, 7) is 0.850. The maximum absolute atomic E-state index is 12.6. The summed E-state index contributed by atoms with van der Waals surface area (Å²) >= 11 is 6.11. The highest BCUT2D eigenvalue weighted by atomic mass is 35.5. The summed E-state index contributed by atoms with van der Waals surface area (Å²) in [5, 5.41) is 7.55. The Bertz CT molecular complexity index is 978. The topological polar surface area (TPSA) is 82.7 Å². The van der Waals surface area contributed by atoms with Gasteiger partial charge >= 0.3 is 0 Å². The molecule has 0 radical (unpaired) electrons. The van der Waals surface area contributed by atoms with Crippen LogP contribution in [0.3, 0.4) is 0 Å². The molecule has 29 heavy (non-hydrogen) atoms. The number of aromatic nitrogens is 3. The number of nitrogens with zero attached hydrogens (tertiary/aromatic N) is 3. The number of anilines is 1. The molecule has 0 saturated carbocycles. The molecule has 3 rings (SSSR count). The average molecular weight is 417 g/mol. The van der Waals surface area contributed by atoms with Gasteiger partial charge in [-0.05, 0) is 30.3 Å². The van der Waals surface area contributed by atoms with Crippen LogP contribution in [0.5, 0.6) is 11.5 Å². The summed E-state index contributed by atoms with van der Waals surface area (Å²) in [7, 11) is 5.15. The number of rotatable bonds is 8. The van der Waals surface area contributed by atoms with Gasteiger partial charge in [0.05, 0.1) is 38.2 Å². The number of ether oxygens (including phenoxy) is 2. The highest BCUT2D eigenvalue weighted by Gasteiger charge is 2.17. The van der Waals surface area contributed by atoms with Crippen LogP contribution < -0.4 is 19.7 Å². The van der Waals surface area contributed by atoms with Crippen LogP contribution in [-0.4, -0.2) is 48.5 Å². The highest BCUT2D eigenvalue weighted by molar-refractivity contribution is 6.31. The number of halogens is 1. The molecular weight excluding hydrogens is 394 g/mol. The van der Waals surface area contributed by atoms with E-state index in [0.29, 0.717) is 34.4 Å². The fourth-order valence-electron chi connectivity index (χ4n) is 3.09. The molecule has 1 atom stereocenters. The Morgan fingerprint density at radius 1 is 1.24 bits per heavy atom. The fourth-order valence-corrected chi connectivity index (χ4v) is 3.26. The van der Waals surface area contributed by atoms with E-state index in [1.54, 1.807) is 43.4 Å². The summed E-state index contributed by atoms with van der Waals surface area (Å²) in [5.74, 6) is 1.20. The first-order valence-corrected chi connectivity index (χ1v) is 9.35. The van der Waals surface area contributed by atoms with Crippen LogP contribution in [0.2, 0.25) is 5.02 Å². The summed E-state index contributed by atoms with van der Waals surface area (Å²) in [5.41, 5.74) is 2.22. The molecule has 0 spiro atoms. The number of methoxy groups -OCH3 is 2. The van der Waals surface area contributed by atoms with Gasteiger partial charge in [-0.2, -0.15) is 5.10 Å². The van der Waals surface area contributed by atoms with Crippen LogP contribution in [0.4, 0.5) is 5.69 Å². The first kappa shape index (κ1) is 20.6. The molecule has 8 nitrogen and oxygen atoms in total. The quantitative estimate of drug-likeness (QED) is 0.582. The standard InChI is InChI=1S/C20H22ClN5O3/c1-25(10-14-5-4-6-18(28-2)20(14)29-3)11-19(27)24-16-9-15(21)7-8-17(16)26-13-22-12-23-26/h4-9,12-13H,10-11H2,1-3H3,(H,24,27)/p+1. The molecule has 1 unspecified atom stereocenters. The number of amides is 1. The van der Waals surface area contributed by atoms with E-state index in [9.17, 15) is 4.79 Å². The van der Waals surface area contributed by atoms with Crippen molar-refractivity contribution in [1.29, 1.82) is 0 Å². The Labute approximate surface area is 174 Å². The van der Waals surface area contributed by atoms with Crippen molar-refractivity contribution >= 4 is 23.2 Å². The van der Waals surface area contributed by atoms with Crippen molar-refractivity contribution in [1.82, 2.24) is 14.8 Å². The molecule has 152 valence electrons. The zero-order chi connectivity index (χ0) is 20.8. The lowest BCUT2D eigenvalue weighted by molar-refractivity contribution is -0.885. The van der Waals surface area contributed by atoms with E-state index in [2.05, 4.69) is 15.4 Å². The van der Waals surface area contributed by atoms with Crippen molar-refractivity contribution in [2.24, 2.45) is 0 Å². The van der Waals surface area contributed by atoms with Crippen LogP contribution in [-0.2, 0) is 11.3 Å². The van der Waals surface area contributed by atoms with Crippen molar-refractivity contribution in [3.05, 3.63) is 59.6 Å². The Balaban J connectivity index is 1.70. The van der Waals surface area contributed by atoms with Crippen molar-refractivity contribution in [2.75, 3.05) is 33.1 Å². The van der Waals surface area contributed by atoms with E-state index in [4.69, 9.17) is 21.1 Å². The Hall–Kier alpha value is -3.10. The maximum Gasteiger partial charge on any atom is 0.279 e. The largest absolute Gasteiger partial charge is 0.493 e. The van der Waals surface area contributed by atoms with Gasteiger partial charge in [0, 0.05) is 5.02 Å². The second-order valence-electron chi connectivity index (χ2n) is 6.51. The minimum atomic E-state index is -0.145. The number of nitrogens with one attached hydrogen (secondary N) is 2. The van der Waals surface area contributed by atoms with Crippen molar-refractivity contribution in [3.8, 4) is 17.2 Å². The van der Waals surface area contributed by atoms with Crippen molar-refractivity contribution < 1.29 is 19.2 Å². The summed E-state index contributed by atoms with van der Waals surface area (Å²) in [6.07, 6.45) is 2.99. The summed E-state index contributed by atoms with van der Waals surface area (Å²) in [6, 6.07) is 10.9. The van der Waals surface area contributed by atoms with Gasteiger partial charge in [0.2, 0.25) is 0 Å². The monoisotopic (exact) mass is 416 g/mol. The highest BCUT2D eigenvalue weighted by Crippen LogP contribution is 2.30. The zero-order valence-corrected chi connectivity index (χ0v) is 17.2. The lowest BCUT2D eigenvalue weighted by Gasteiger charge is -2.18. The van der Waals surface area contributed by atoms with E-state index >= 15 is 0 Å². The average Bonchev–Trinajstić information content (AvgIpc) is 3.22. The summed E-state index contributed by atoms with van der Waals surface area (Å²) < 4.78 is 12.4. The van der Waals surface area contributed by atoms with E-state index in [-0.39, 0.29) is 12.5 Å². The van der Waals surface area contributed by atoms with Gasteiger partial charge < -0.3 is 19.7 Å². The van der Waals surface area contributed by atoms with E-state index in [1.807, 2.05) is 25.2 Å². The number of hydrogen-bond donors (Lipinski definition) is 2. The Morgan fingerprint density at radius 2 is 2.07 bits per heavy atom. The van der Waals surface area contributed by atoms with Crippen molar-refractivity contribution in [2.45, 2.75) is 6.54 Å². The normalized spacial score (nSPS) is 11.7. The number of carbonyl (C=O) groups excluding carboxylic acids is 1. The third-order valence-electron chi connectivity index (χ3n) is 4.34. The molecule has 0 aliphatic heterocycles. The molecule has 0 fully saturated rings. The minimum Gasteiger partial charge on any atom is -0.493 e. The molecule has 0 bridgehead atoms. The number of carbonyl (C=O) groups is 1. The molecule has 1 amide bonds. The number of likely N-dealkylation sites (N-methyl/N-ethyl adjacent to an activating group) is 1. The van der Waals surface area contributed by atoms with E-state index in [1.165, 1.54) is 6.33 Å². The molecule has 2 N–H and O–H groups in total. The van der Waals surface area contributed by atoms with Gasteiger partial charge in [0.15, 0.2) is 18.0 Å². The van der Waals surface area contributed by atoms with Gasteiger partial charge in [-0.3, -0.25) is 4.79 Å². The van der Waals surface area contributed by atoms with Crippen LogP contribution in [0.25, 0.3) is 5.69 Å². The molecule has 0 aliphatic rings. The van der Waals surface area contributed by atoms with Crippen LogP contribution in [0.15, 0.2) is 49.1 Å². The lowest BCUT2D eigenvalue weighted by atomic mass is 10.1. The number of benzene rings is 2. The number of para-hydroxylation sites is 1. The molecular formula is C20H23ClN5O3+. The SMILES string of the molecule is COc1cccc(C[NH+](C)CC(=O)Nc2cc(Cl)ccc2-n2cncn2)c1OC. The van der Waals surface area contributed by atoms with Gasteiger partial charge in [0.25, 0.3) is 5.91 Å². The molecule has 1 aromatic heterocycles. The molecule has 9 heteroatoms. The molecule has 0 saturated heterocycles.